The molecular weight excluding hydrogens is 254 g/mol. The molecule has 0 bridgehead atoms. The first-order valence-corrected chi connectivity index (χ1v) is 7.17. The first-order valence-electron chi connectivity index (χ1n) is 6.01. The minimum Gasteiger partial charge on any atom is -0.383 e. The second-order valence-electron chi connectivity index (χ2n) is 4.13. The summed E-state index contributed by atoms with van der Waals surface area (Å²) in [6, 6.07) is 0.185. The maximum atomic E-state index is 5.61. The first kappa shape index (κ1) is 13.8. The second-order valence-corrected chi connectivity index (χ2v) is 5.28. The van der Waals surface area contributed by atoms with E-state index in [2.05, 4.69) is 15.5 Å². The van der Waals surface area contributed by atoms with Crippen molar-refractivity contribution >= 4 is 11.8 Å². The van der Waals surface area contributed by atoms with E-state index in [0.717, 1.165) is 18.1 Å². The van der Waals surface area contributed by atoms with Gasteiger partial charge in [0.1, 0.15) is 6.10 Å². The lowest BCUT2D eigenvalue weighted by atomic mass is 10.2. The van der Waals surface area contributed by atoms with E-state index in [4.69, 9.17) is 14.0 Å². The van der Waals surface area contributed by atoms with E-state index in [1.54, 1.807) is 7.11 Å². The predicted octanol–water partition coefficient (Wildman–Crippen LogP) is 0.651. The van der Waals surface area contributed by atoms with Crippen LogP contribution in [0.25, 0.3) is 0 Å². The molecule has 0 saturated carbocycles. The molecule has 0 amide bonds. The fourth-order valence-corrected chi connectivity index (χ4v) is 2.61. The van der Waals surface area contributed by atoms with Gasteiger partial charge in [0.15, 0.2) is 0 Å². The Morgan fingerprint density at radius 2 is 2.50 bits per heavy atom. The number of nitrogens with zero attached hydrogens (tertiary/aromatic N) is 2. The fraction of sp³-hybridized carbons (Fsp3) is 0.818. The van der Waals surface area contributed by atoms with E-state index in [-0.39, 0.29) is 12.1 Å². The van der Waals surface area contributed by atoms with Gasteiger partial charge in [-0.05, 0) is 7.05 Å². The summed E-state index contributed by atoms with van der Waals surface area (Å²) in [5.74, 6) is 3.22. The zero-order valence-corrected chi connectivity index (χ0v) is 11.5. The molecular formula is C11H19N3O3S. The number of hydrogen-bond donors (Lipinski definition) is 1. The van der Waals surface area contributed by atoms with Gasteiger partial charge in [0.2, 0.25) is 11.7 Å². The van der Waals surface area contributed by atoms with Crippen molar-refractivity contribution in [1.29, 1.82) is 0 Å². The van der Waals surface area contributed by atoms with Crippen molar-refractivity contribution in [3.63, 3.8) is 0 Å². The number of methoxy groups -OCH3 is 1. The lowest BCUT2D eigenvalue weighted by molar-refractivity contribution is 0.0677. The van der Waals surface area contributed by atoms with Crippen molar-refractivity contribution in [3.05, 3.63) is 11.7 Å². The topological polar surface area (TPSA) is 69.4 Å². The van der Waals surface area contributed by atoms with E-state index in [0.29, 0.717) is 24.7 Å². The molecule has 2 atom stereocenters. The van der Waals surface area contributed by atoms with E-state index >= 15 is 0 Å². The molecule has 1 aromatic heterocycles. The molecule has 102 valence electrons. The molecule has 2 rings (SSSR count). The molecule has 0 spiro atoms. The number of nitrogens with one attached hydrogen (secondary N) is 1. The van der Waals surface area contributed by atoms with Gasteiger partial charge < -0.3 is 19.3 Å². The largest absolute Gasteiger partial charge is 0.383 e. The van der Waals surface area contributed by atoms with Crippen molar-refractivity contribution in [1.82, 2.24) is 15.5 Å². The molecule has 0 aliphatic carbocycles. The first-order chi connectivity index (χ1) is 8.83. The van der Waals surface area contributed by atoms with Crippen LogP contribution in [0.4, 0.5) is 0 Å². The molecule has 1 N–H and O–H groups in total. The molecule has 0 radical (unpaired) electrons. The molecule has 1 aliphatic rings. The van der Waals surface area contributed by atoms with Gasteiger partial charge in [-0.2, -0.15) is 16.7 Å². The summed E-state index contributed by atoms with van der Waals surface area (Å²) >= 11 is 1.85. The minimum absolute atomic E-state index is 0.0308. The average Bonchev–Trinajstić information content (AvgIpc) is 2.88. The number of hydrogen-bond acceptors (Lipinski definition) is 7. The summed E-state index contributed by atoms with van der Waals surface area (Å²) in [5.41, 5.74) is 0. The highest BCUT2D eigenvalue weighted by Crippen LogP contribution is 2.24. The summed E-state index contributed by atoms with van der Waals surface area (Å²) in [4.78, 5) is 4.39. The third kappa shape index (κ3) is 3.68. The zero-order valence-electron chi connectivity index (χ0n) is 10.7. The molecule has 1 fully saturated rings. The summed E-state index contributed by atoms with van der Waals surface area (Å²) in [6.45, 7) is 1.37. The van der Waals surface area contributed by atoms with Crippen LogP contribution in [0.15, 0.2) is 4.52 Å². The van der Waals surface area contributed by atoms with Crippen LogP contribution in [0, 0.1) is 0 Å². The Labute approximate surface area is 111 Å². The van der Waals surface area contributed by atoms with Crippen LogP contribution in [-0.2, 0) is 15.9 Å². The van der Waals surface area contributed by atoms with E-state index in [1.807, 2.05) is 18.8 Å². The van der Waals surface area contributed by atoms with Crippen molar-refractivity contribution in [2.45, 2.75) is 18.6 Å². The standard InChI is InChI=1S/C11H19N3O3S/c1-12-8(6-15-2)5-10-13-11(14-17-10)9-7-18-4-3-16-9/h8-9,12H,3-7H2,1-2H3. The van der Waals surface area contributed by atoms with Crippen molar-refractivity contribution < 1.29 is 14.0 Å². The second kappa shape index (κ2) is 7.08. The van der Waals surface area contributed by atoms with Crippen LogP contribution in [-0.4, -0.2) is 55.1 Å². The summed E-state index contributed by atoms with van der Waals surface area (Å²) in [7, 11) is 3.57. The molecule has 1 saturated heterocycles. The zero-order chi connectivity index (χ0) is 12.8. The third-order valence-corrected chi connectivity index (χ3v) is 3.78. The van der Waals surface area contributed by atoms with Crippen LogP contribution in [0.2, 0.25) is 0 Å². The SMILES string of the molecule is CNC(COC)Cc1nc(C2CSCCO2)no1. The Morgan fingerprint density at radius 3 is 3.17 bits per heavy atom. The van der Waals surface area contributed by atoms with Gasteiger partial charge in [-0.25, -0.2) is 0 Å². The minimum atomic E-state index is -0.0308. The highest BCUT2D eigenvalue weighted by molar-refractivity contribution is 7.99. The van der Waals surface area contributed by atoms with Crippen LogP contribution in [0.3, 0.4) is 0 Å². The van der Waals surface area contributed by atoms with Crippen molar-refractivity contribution in [2.24, 2.45) is 0 Å². The van der Waals surface area contributed by atoms with Crippen molar-refractivity contribution in [2.75, 3.05) is 38.9 Å². The van der Waals surface area contributed by atoms with Gasteiger partial charge in [0.25, 0.3) is 0 Å². The number of thioether (sulfide) groups is 1. The third-order valence-electron chi connectivity index (χ3n) is 2.78. The monoisotopic (exact) mass is 273 g/mol. The molecule has 2 heterocycles. The Kier molecular flexibility index (Phi) is 5.43. The molecule has 1 aromatic rings. The van der Waals surface area contributed by atoms with Gasteiger partial charge in [0, 0.05) is 31.1 Å². The van der Waals surface area contributed by atoms with Crippen LogP contribution >= 0.6 is 11.8 Å². The van der Waals surface area contributed by atoms with Gasteiger partial charge >= 0.3 is 0 Å². The molecule has 6 nitrogen and oxygen atoms in total. The summed E-state index contributed by atoms with van der Waals surface area (Å²) in [6.07, 6.45) is 0.633. The van der Waals surface area contributed by atoms with E-state index in [9.17, 15) is 0 Å². The highest BCUT2D eigenvalue weighted by atomic mass is 32.2. The number of ether oxygens (including phenoxy) is 2. The van der Waals surface area contributed by atoms with Gasteiger partial charge in [-0.15, -0.1) is 0 Å². The highest BCUT2D eigenvalue weighted by Gasteiger charge is 2.22. The smallest absolute Gasteiger partial charge is 0.228 e. The van der Waals surface area contributed by atoms with E-state index in [1.165, 1.54) is 0 Å². The lowest BCUT2D eigenvalue weighted by Gasteiger charge is -2.18. The molecule has 1 aliphatic heterocycles. The normalized spacial score (nSPS) is 22.0. The molecule has 18 heavy (non-hydrogen) atoms. The Bertz CT molecular complexity index is 355. The predicted molar refractivity (Wildman–Crippen MR) is 68.7 cm³/mol. The molecule has 2 unspecified atom stereocenters. The molecule has 7 heteroatoms. The van der Waals surface area contributed by atoms with Crippen LogP contribution in [0.1, 0.15) is 17.8 Å². The number of rotatable bonds is 6. The van der Waals surface area contributed by atoms with Gasteiger partial charge in [-0.3, -0.25) is 0 Å². The van der Waals surface area contributed by atoms with Gasteiger partial charge in [-0.1, -0.05) is 5.16 Å². The van der Waals surface area contributed by atoms with Gasteiger partial charge in [0.05, 0.1) is 13.2 Å². The lowest BCUT2D eigenvalue weighted by Crippen LogP contribution is -2.32. The van der Waals surface area contributed by atoms with Crippen molar-refractivity contribution in [3.8, 4) is 0 Å². The average molecular weight is 273 g/mol. The number of likely N-dealkylation sites (N-methyl/N-ethyl adjacent to an activating group) is 1. The Hall–Kier alpha value is -0.630. The Balaban J connectivity index is 1.92. The summed E-state index contributed by atoms with van der Waals surface area (Å²) in [5, 5.41) is 7.15. The maximum Gasteiger partial charge on any atom is 0.228 e. The quantitative estimate of drug-likeness (QED) is 0.816. The Morgan fingerprint density at radius 1 is 1.61 bits per heavy atom. The maximum absolute atomic E-state index is 5.61. The summed E-state index contributed by atoms with van der Waals surface area (Å²) < 4.78 is 16.0. The fourth-order valence-electron chi connectivity index (χ4n) is 1.77. The van der Waals surface area contributed by atoms with E-state index < -0.39 is 0 Å². The molecule has 0 aromatic carbocycles. The number of aromatic nitrogens is 2. The van der Waals surface area contributed by atoms with Crippen LogP contribution < -0.4 is 5.32 Å². The van der Waals surface area contributed by atoms with Crippen LogP contribution in [0.5, 0.6) is 0 Å².